The molecule has 11 heteroatoms. The van der Waals surface area contributed by atoms with E-state index in [1.165, 1.54) is 6.20 Å². The van der Waals surface area contributed by atoms with Crippen LogP contribution in [0.4, 0.5) is 19.1 Å². The summed E-state index contributed by atoms with van der Waals surface area (Å²) in [6, 6.07) is 3.65. The van der Waals surface area contributed by atoms with Gasteiger partial charge in [-0.3, -0.25) is 0 Å². The lowest BCUT2D eigenvalue weighted by molar-refractivity contribution is -0.137. The van der Waals surface area contributed by atoms with Crippen molar-refractivity contribution in [2.45, 2.75) is 38.9 Å². The van der Waals surface area contributed by atoms with Gasteiger partial charge in [0.1, 0.15) is 17.0 Å². The van der Waals surface area contributed by atoms with Crippen LogP contribution in [0.2, 0.25) is 0 Å². The highest BCUT2D eigenvalue weighted by atomic mass is 19.4. The van der Waals surface area contributed by atoms with E-state index in [1.54, 1.807) is 19.1 Å². The molecule has 0 amide bonds. The van der Waals surface area contributed by atoms with Gasteiger partial charge in [0, 0.05) is 47.9 Å². The van der Waals surface area contributed by atoms with E-state index in [2.05, 4.69) is 35.7 Å². The first-order valence-electron chi connectivity index (χ1n) is 11.1. The molecule has 1 saturated heterocycles. The van der Waals surface area contributed by atoms with Gasteiger partial charge in [-0.1, -0.05) is 5.16 Å². The lowest BCUT2D eigenvalue weighted by atomic mass is 9.60. The normalized spacial score (nSPS) is 19.3. The van der Waals surface area contributed by atoms with Gasteiger partial charge in [0.2, 0.25) is 5.95 Å². The van der Waals surface area contributed by atoms with E-state index in [9.17, 15) is 13.2 Å². The van der Waals surface area contributed by atoms with E-state index in [1.807, 2.05) is 6.92 Å². The maximum atomic E-state index is 13.9. The van der Waals surface area contributed by atoms with E-state index in [4.69, 9.17) is 4.52 Å². The first-order valence-corrected chi connectivity index (χ1v) is 11.1. The van der Waals surface area contributed by atoms with Crippen molar-refractivity contribution in [1.29, 1.82) is 0 Å². The predicted molar refractivity (Wildman–Crippen MR) is 119 cm³/mol. The summed E-state index contributed by atoms with van der Waals surface area (Å²) >= 11 is 0. The molecule has 34 heavy (non-hydrogen) atoms. The summed E-state index contributed by atoms with van der Waals surface area (Å²) in [6.07, 6.45) is -0.191. The number of nitrogens with one attached hydrogen (secondary N) is 3. The quantitative estimate of drug-likeness (QED) is 0.405. The fourth-order valence-corrected chi connectivity index (χ4v) is 5.00. The highest BCUT2D eigenvalue weighted by Gasteiger charge is 2.51. The Morgan fingerprint density at radius 3 is 2.62 bits per heavy atom. The highest BCUT2D eigenvalue weighted by Crippen LogP contribution is 2.46. The Bertz CT molecular complexity index is 1380. The van der Waals surface area contributed by atoms with E-state index >= 15 is 0 Å². The van der Waals surface area contributed by atoms with Gasteiger partial charge in [0.25, 0.3) is 0 Å². The highest BCUT2D eigenvalue weighted by molar-refractivity contribution is 5.94. The lowest BCUT2D eigenvalue weighted by Gasteiger charge is -2.56. The molecular formula is C23H22F3N7O. The van der Waals surface area contributed by atoms with E-state index in [-0.39, 0.29) is 23.1 Å². The number of hydrogen-bond donors (Lipinski definition) is 3. The summed E-state index contributed by atoms with van der Waals surface area (Å²) in [5.41, 5.74) is 1.95. The summed E-state index contributed by atoms with van der Waals surface area (Å²) in [5.74, 6) is 0.825. The van der Waals surface area contributed by atoms with E-state index in [0.29, 0.717) is 33.7 Å². The van der Waals surface area contributed by atoms with E-state index in [0.717, 1.165) is 37.7 Å². The number of aromatic amines is 1. The van der Waals surface area contributed by atoms with Crippen molar-refractivity contribution in [1.82, 2.24) is 30.4 Å². The smallest absolute Gasteiger partial charge is 0.361 e. The van der Waals surface area contributed by atoms with Crippen molar-refractivity contribution in [3.8, 4) is 22.5 Å². The number of fused-ring (bicyclic) bond motifs is 1. The molecular weight excluding hydrogens is 447 g/mol. The summed E-state index contributed by atoms with van der Waals surface area (Å²) in [5, 5.41) is 11.0. The van der Waals surface area contributed by atoms with Gasteiger partial charge in [-0.2, -0.15) is 13.2 Å². The molecule has 1 aliphatic carbocycles. The second-order valence-corrected chi connectivity index (χ2v) is 9.15. The molecule has 1 atom stereocenters. The van der Waals surface area contributed by atoms with Crippen molar-refractivity contribution in [3.63, 3.8) is 0 Å². The average Bonchev–Trinajstić information content (AvgIpc) is 3.31. The lowest BCUT2D eigenvalue weighted by Crippen LogP contribution is -2.67. The molecule has 2 fully saturated rings. The largest absolute Gasteiger partial charge is 0.419 e. The Hall–Kier alpha value is -3.47. The van der Waals surface area contributed by atoms with Gasteiger partial charge < -0.3 is 20.1 Å². The van der Waals surface area contributed by atoms with Gasteiger partial charge in [-0.05, 0) is 38.8 Å². The Morgan fingerprint density at radius 2 is 2.00 bits per heavy atom. The molecule has 5 heterocycles. The third kappa shape index (κ3) is 3.17. The maximum Gasteiger partial charge on any atom is 0.419 e. The molecule has 0 radical (unpaired) electrons. The van der Waals surface area contributed by atoms with Crippen LogP contribution in [0.3, 0.4) is 0 Å². The van der Waals surface area contributed by atoms with Crippen LogP contribution in [-0.2, 0) is 6.18 Å². The van der Waals surface area contributed by atoms with Crippen LogP contribution in [0.25, 0.3) is 33.5 Å². The van der Waals surface area contributed by atoms with Crippen LogP contribution in [0.5, 0.6) is 0 Å². The van der Waals surface area contributed by atoms with E-state index < -0.39 is 11.7 Å². The third-order valence-electron chi connectivity index (χ3n) is 7.10. The van der Waals surface area contributed by atoms with Crippen molar-refractivity contribution >= 4 is 17.0 Å². The second kappa shape index (κ2) is 7.26. The number of alkyl halides is 3. The molecule has 1 spiro atoms. The zero-order valence-corrected chi connectivity index (χ0v) is 18.5. The number of anilines is 1. The molecule has 1 aliphatic heterocycles. The van der Waals surface area contributed by atoms with Gasteiger partial charge in [0.05, 0.1) is 22.6 Å². The first kappa shape index (κ1) is 21.1. The molecule has 6 rings (SSSR count). The molecule has 2 aliphatic rings. The van der Waals surface area contributed by atoms with Crippen LogP contribution >= 0.6 is 0 Å². The molecule has 8 nitrogen and oxygen atoms in total. The fraction of sp³-hybridized carbons (Fsp3) is 0.391. The Balaban J connectivity index is 1.41. The number of rotatable bonds is 4. The number of pyridine rings is 1. The number of aryl methyl sites for hydroxylation is 2. The second-order valence-electron chi connectivity index (χ2n) is 9.15. The Labute approximate surface area is 192 Å². The standard InChI is InChI=1S/C23H22F3N7O/c1-11-18(12(2)34-33-11)16-4-3-13-14(7-28-20(13)30-16)19-15(23(24,25)26)8-29-21(32-19)31-17-5-6-22(17)9-27-10-22/h3-4,7-8,17,27H,5-6,9-10H2,1-2H3,(H,28,30)(H,29,31,32). The zero-order valence-electron chi connectivity index (χ0n) is 18.5. The van der Waals surface area contributed by atoms with Crippen LogP contribution < -0.4 is 10.6 Å². The number of H-pyrrole nitrogens is 1. The minimum absolute atomic E-state index is 0.153. The van der Waals surface area contributed by atoms with Crippen molar-refractivity contribution in [3.05, 3.63) is 41.5 Å². The third-order valence-corrected chi connectivity index (χ3v) is 7.10. The molecule has 0 bridgehead atoms. The predicted octanol–water partition coefficient (Wildman–Crippen LogP) is 4.47. The van der Waals surface area contributed by atoms with Crippen LogP contribution in [0, 0.1) is 19.3 Å². The molecule has 1 saturated carbocycles. The minimum Gasteiger partial charge on any atom is -0.361 e. The van der Waals surface area contributed by atoms with Crippen molar-refractivity contribution in [2.24, 2.45) is 5.41 Å². The monoisotopic (exact) mass is 469 g/mol. The van der Waals surface area contributed by atoms with Crippen LogP contribution in [-0.4, -0.2) is 44.2 Å². The Morgan fingerprint density at radius 1 is 1.18 bits per heavy atom. The summed E-state index contributed by atoms with van der Waals surface area (Å²) in [7, 11) is 0. The number of aromatic nitrogens is 5. The molecule has 1 unspecified atom stereocenters. The van der Waals surface area contributed by atoms with Crippen LogP contribution in [0.1, 0.15) is 29.9 Å². The molecule has 4 aromatic rings. The number of hydrogen-bond acceptors (Lipinski definition) is 7. The minimum atomic E-state index is -4.60. The van der Waals surface area contributed by atoms with Gasteiger partial charge in [-0.15, -0.1) is 0 Å². The van der Waals surface area contributed by atoms with Gasteiger partial charge >= 0.3 is 6.18 Å². The van der Waals surface area contributed by atoms with Gasteiger partial charge in [-0.25, -0.2) is 15.0 Å². The Kier molecular flexibility index (Phi) is 4.50. The number of nitrogens with zero attached hydrogens (tertiary/aromatic N) is 4. The first-order chi connectivity index (χ1) is 16.2. The van der Waals surface area contributed by atoms with Crippen molar-refractivity contribution in [2.75, 3.05) is 18.4 Å². The fourth-order valence-electron chi connectivity index (χ4n) is 5.00. The maximum absolute atomic E-state index is 13.9. The van der Waals surface area contributed by atoms with Crippen molar-refractivity contribution < 1.29 is 17.7 Å². The molecule has 4 aromatic heterocycles. The number of halogens is 3. The molecule has 3 N–H and O–H groups in total. The topological polar surface area (TPSA) is 105 Å². The summed E-state index contributed by atoms with van der Waals surface area (Å²) in [6.45, 7) is 5.41. The molecule has 0 aromatic carbocycles. The zero-order chi connectivity index (χ0) is 23.7. The summed E-state index contributed by atoms with van der Waals surface area (Å²) in [4.78, 5) is 16.0. The van der Waals surface area contributed by atoms with Crippen LogP contribution in [0.15, 0.2) is 29.0 Å². The molecule has 176 valence electrons. The average molecular weight is 469 g/mol. The summed E-state index contributed by atoms with van der Waals surface area (Å²) < 4.78 is 46.9. The van der Waals surface area contributed by atoms with Gasteiger partial charge in [0.15, 0.2) is 0 Å². The SMILES string of the molecule is Cc1noc(C)c1-c1ccc2c(-c3nc(NC4CCC45CNC5)ncc3C(F)(F)F)c[nH]c2n1.